The van der Waals surface area contributed by atoms with Gasteiger partial charge in [-0.15, -0.1) is 0 Å². The molecule has 0 spiro atoms. The highest BCUT2D eigenvalue weighted by Gasteiger charge is 2.19. The summed E-state index contributed by atoms with van der Waals surface area (Å²) in [6, 6.07) is 14.6. The summed E-state index contributed by atoms with van der Waals surface area (Å²) in [5.74, 6) is -0.238. The summed E-state index contributed by atoms with van der Waals surface area (Å²) in [4.78, 5) is 2.06. The monoisotopic (exact) mass is 417 g/mol. The summed E-state index contributed by atoms with van der Waals surface area (Å²) < 4.78 is 34.5. The molecule has 7 heteroatoms. The van der Waals surface area contributed by atoms with E-state index in [1.165, 1.54) is 0 Å². The SMILES string of the molecule is Cc1ccc2sc(/C=C/c3ccc(N(C)C)cc3)[n+](CCCS(=O)(=O)O)c2c1. The Balaban J connectivity index is 1.91. The fourth-order valence-corrected chi connectivity index (χ4v) is 4.59. The van der Waals surface area contributed by atoms with Crippen LogP contribution in [0.5, 0.6) is 0 Å². The molecule has 0 atom stereocenters. The Morgan fingerprint density at radius 3 is 2.46 bits per heavy atom. The predicted molar refractivity (Wildman–Crippen MR) is 117 cm³/mol. The van der Waals surface area contributed by atoms with Gasteiger partial charge < -0.3 is 4.90 Å². The molecule has 0 aliphatic rings. The number of hydrogen-bond acceptors (Lipinski definition) is 4. The van der Waals surface area contributed by atoms with Crippen LogP contribution in [-0.2, 0) is 16.7 Å². The zero-order valence-electron chi connectivity index (χ0n) is 16.3. The van der Waals surface area contributed by atoms with Crippen molar-refractivity contribution in [1.82, 2.24) is 0 Å². The second-order valence-electron chi connectivity index (χ2n) is 7.02. The van der Waals surface area contributed by atoms with Gasteiger partial charge in [0.15, 0.2) is 6.54 Å². The smallest absolute Gasteiger partial charge is 0.265 e. The lowest BCUT2D eigenvalue weighted by molar-refractivity contribution is -0.668. The number of hydrogen-bond donors (Lipinski definition) is 1. The maximum atomic E-state index is 11.1. The van der Waals surface area contributed by atoms with Crippen molar-refractivity contribution in [3.8, 4) is 0 Å². The lowest BCUT2D eigenvalue weighted by Gasteiger charge is -2.11. The van der Waals surface area contributed by atoms with E-state index in [4.69, 9.17) is 4.55 Å². The summed E-state index contributed by atoms with van der Waals surface area (Å²) in [5, 5.41) is 1.05. The Morgan fingerprint density at radius 2 is 1.82 bits per heavy atom. The fourth-order valence-electron chi connectivity index (χ4n) is 3.02. The highest BCUT2D eigenvalue weighted by Crippen LogP contribution is 2.24. The second-order valence-corrected chi connectivity index (χ2v) is 9.66. The van der Waals surface area contributed by atoms with Gasteiger partial charge in [0.25, 0.3) is 15.1 Å². The van der Waals surface area contributed by atoms with Crippen molar-refractivity contribution in [2.75, 3.05) is 24.7 Å². The first-order valence-electron chi connectivity index (χ1n) is 9.06. The molecular weight excluding hydrogens is 392 g/mol. The summed E-state index contributed by atoms with van der Waals surface area (Å²) >= 11 is 1.67. The maximum Gasteiger partial charge on any atom is 0.265 e. The Morgan fingerprint density at radius 1 is 1.11 bits per heavy atom. The van der Waals surface area contributed by atoms with Gasteiger partial charge in [-0.1, -0.05) is 29.5 Å². The molecule has 0 aliphatic carbocycles. The number of aromatic nitrogens is 1. The zero-order valence-corrected chi connectivity index (χ0v) is 17.9. The van der Waals surface area contributed by atoms with Crippen LogP contribution in [0.25, 0.3) is 22.4 Å². The molecule has 3 rings (SSSR count). The van der Waals surface area contributed by atoms with E-state index in [2.05, 4.69) is 64.1 Å². The van der Waals surface area contributed by atoms with E-state index < -0.39 is 10.1 Å². The summed E-state index contributed by atoms with van der Waals surface area (Å²) in [7, 11) is 0.0769. The number of rotatable bonds is 7. The zero-order chi connectivity index (χ0) is 20.3. The minimum atomic E-state index is -3.95. The highest BCUT2D eigenvalue weighted by molar-refractivity contribution is 7.85. The topological polar surface area (TPSA) is 61.5 Å². The van der Waals surface area contributed by atoms with Crippen molar-refractivity contribution in [3.05, 3.63) is 58.6 Å². The van der Waals surface area contributed by atoms with Crippen LogP contribution in [0, 0.1) is 6.92 Å². The van der Waals surface area contributed by atoms with Crippen LogP contribution in [0.4, 0.5) is 5.69 Å². The molecule has 28 heavy (non-hydrogen) atoms. The molecule has 0 fully saturated rings. The number of fused-ring (bicyclic) bond motifs is 1. The van der Waals surface area contributed by atoms with E-state index in [-0.39, 0.29) is 5.75 Å². The number of benzene rings is 2. The van der Waals surface area contributed by atoms with E-state index in [1.54, 1.807) is 11.3 Å². The van der Waals surface area contributed by atoms with Gasteiger partial charge in [0.2, 0.25) is 5.52 Å². The molecule has 3 aromatic rings. The molecule has 0 aliphatic heterocycles. The number of thiazole rings is 1. The van der Waals surface area contributed by atoms with E-state index in [0.717, 1.165) is 32.0 Å². The van der Waals surface area contributed by atoms with Crippen LogP contribution < -0.4 is 9.47 Å². The summed E-state index contributed by atoms with van der Waals surface area (Å²) in [6.07, 6.45) is 4.50. The minimum Gasteiger partial charge on any atom is -0.378 e. The average Bonchev–Trinajstić information content (AvgIpc) is 2.96. The molecule has 2 aromatic carbocycles. The largest absolute Gasteiger partial charge is 0.378 e. The van der Waals surface area contributed by atoms with Crippen LogP contribution in [0.1, 0.15) is 22.6 Å². The Kier molecular flexibility index (Phi) is 6.17. The molecule has 1 heterocycles. The Hall–Kier alpha value is -2.22. The molecule has 1 aromatic heterocycles. The lowest BCUT2D eigenvalue weighted by atomic mass is 10.2. The van der Waals surface area contributed by atoms with Crippen LogP contribution >= 0.6 is 11.3 Å². The van der Waals surface area contributed by atoms with Crippen molar-refractivity contribution in [1.29, 1.82) is 0 Å². The molecule has 0 saturated heterocycles. The van der Waals surface area contributed by atoms with E-state index in [9.17, 15) is 8.42 Å². The third kappa shape index (κ3) is 5.19. The molecule has 0 saturated carbocycles. The van der Waals surface area contributed by atoms with Crippen molar-refractivity contribution >= 4 is 49.5 Å². The molecule has 0 unspecified atom stereocenters. The number of anilines is 1. The fraction of sp³-hybridized carbons (Fsp3) is 0.286. The van der Waals surface area contributed by atoms with Gasteiger partial charge in [-0.2, -0.15) is 13.0 Å². The van der Waals surface area contributed by atoms with Crippen molar-refractivity contribution in [2.45, 2.75) is 19.9 Å². The second kappa shape index (κ2) is 8.43. The van der Waals surface area contributed by atoms with Gasteiger partial charge >= 0.3 is 0 Å². The third-order valence-electron chi connectivity index (χ3n) is 4.50. The molecule has 0 amide bonds. The molecule has 148 valence electrons. The van der Waals surface area contributed by atoms with Gasteiger partial charge in [0, 0.05) is 38.3 Å². The first kappa shape index (κ1) is 20.5. The molecule has 0 bridgehead atoms. The van der Waals surface area contributed by atoms with Crippen LogP contribution in [-0.4, -0.2) is 32.8 Å². The number of aryl methyl sites for hydroxylation is 2. The first-order valence-corrected chi connectivity index (χ1v) is 11.5. The summed E-state index contributed by atoms with van der Waals surface area (Å²) in [6.45, 7) is 2.57. The molecular formula is C21H25N2O3S2+. The van der Waals surface area contributed by atoms with E-state index in [0.29, 0.717) is 13.0 Å². The number of nitrogens with zero attached hydrogens (tertiary/aromatic N) is 2. The van der Waals surface area contributed by atoms with E-state index in [1.807, 2.05) is 21.0 Å². The molecule has 5 nitrogen and oxygen atoms in total. The third-order valence-corrected chi connectivity index (χ3v) is 6.43. The van der Waals surface area contributed by atoms with Gasteiger partial charge in [0.05, 0.1) is 5.75 Å². The first-order chi connectivity index (χ1) is 13.2. The predicted octanol–water partition coefficient (Wildman–Crippen LogP) is 4.01. The van der Waals surface area contributed by atoms with Crippen LogP contribution in [0.2, 0.25) is 0 Å². The van der Waals surface area contributed by atoms with Crippen LogP contribution in [0.3, 0.4) is 0 Å². The Labute approximate surface area is 170 Å². The van der Waals surface area contributed by atoms with Crippen LogP contribution in [0.15, 0.2) is 42.5 Å². The highest BCUT2D eigenvalue weighted by atomic mass is 32.2. The maximum absolute atomic E-state index is 11.1. The van der Waals surface area contributed by atoms with E-state index >= 15 is 0 Å². The average molecular weight is 418 g/mol. The quantitative estimate of drug-likeness (QED) is 0.466. The Bertz CT molecular complexity index is 1100. The molecule has 1 N–H and O–H groups in total. The van der Waals surface area contributed by atoms with Crippen molar-refractivity contribution in [2.24, 2.45) is 0 Å². The van der Waals surface area contributed by atoms with Crippen molar-refractivity contribution in [3.63, 3.8) is 0 Å². The summed E-state index contributed by atoms with van der Waals surface area (Å²) in [5.41, 5.74) is 4.49. The van der Waals surface area contributed by atoms with Gasteiger partial charge in [-0.3, -0.25) is 4.55 Å². The lowest BCUT2D eigenvalue weighted by Crippen LogP contribution is -2.36. The molecule has 0 radical (unpaired) electrons. The van der Waals surface area contributed by atoms with Gasteiger partial charge in [-0.25, -0.2) is 0 Å². The van der Waals surface area contributed by atoms with Gasteiger partial charge in [-0.05, 0) is 42.3 Å². The minimum absolute atomic E-state index is 0.238. The normalized spacial score (nSPS) is 12.1. The van der Waals surface area contributed by atoms with Gasteiger partial charge in [0.1, 0.15) is 4.70 Å². The van der Waals surface area contributed by atoms with Crippen molar-refractivity contribution < 1.29 is 17.5 Å². The standard InChI is InChI=1S/C21H24N2O3S2/c1-16-5-11-20-19(15-16)23(13-4-14-28(24,25)26)21(27-20)12-8-17-6-9-18(10-7-17)22(2)3/h5-12,15H,4,13-14H2,1-3H3/p+1.